The third kappa shape index (κ3) is 1.26. The first kappa shape index (κ1) is 8.97. The molecule has 3 heteroatoms. The predicted octanol–water partition coefficient (Wildman–Crippen LogP) is 3.01. The van der Waals surface area contributed by atoms with Crippen molar-refractivity contribution in [2.45, 2.75) is 0 Å². The maximum atomic E-state index is 10.8. The van der Waals surface area contributed by atoms with Gasteiger partial charge in [0.25, 0.3) is 0 Å². The summed E-state index contributed by atoms with van der Waals surface area (Å²) in [6.45, 7) is 0. The fourth-order valence-corrected chi connectivity index (χ4v) is 1.82. The van der Waals surface area contributed by atoms with E-state index >= 15 is 0 Å². The second-order valence-electron chi connectivity index (χ2n) is 3.56. The monoisotopic (exact) mass is 211 g/mol. The molecule has 0 aromatic carbocycles. The lowest BCUT2D eigenvalue weighted by Gasteiger charge is -2.00. The van der Waals surface area contributed by atoms with Crippen molar-refractivity contribution >= 4 is 11.8 Å². The minimum atomic E-state index is 0.654. The van der Waals surface area contributed by atoms with E-state index in [0.29, 0.717) is 5.69 Å². The Labute approximate surface area is 91.9 Å². The topological polar surface area (TPSA) is 34.6 Å². The number of rotatable bonds is 2. The van der Waals surface area contributed by atoms with E-state index in [1.54, 1.807) is 12.3 Å². The maximum absolute atomic E-state index is 10.8. The minimum absolute atomic E-state index is 0.654. The Hall–Kier alpha value is -2.29. The molecule has 0 aliphatic carbocycles. The number of nitrogens with zero attached hydrogens (tertiary/aromatic N) is 1. The lowest BCUT2D eigenvalue weighted by atomic mass is 10.2. The van der Waals surface area contributed by atoms with E-state index < -0.39 is 0 Å². The SMILES string of the molecule is O=Cc1ccc2cc(-c3ccco3)ccn12. The number of aromatic nitrogens is 1. The highest BCUT2D eigenvalue weighted by Gasteiger charge is 2.04. The smallest absolute Gasteiger partial charge is 0.166 e. The number of fused-ring (bicyclic) bond motifs is 1. The summed E-state index contributed by atoms with van der Waals surface area (Å²) in [7, 11) is 0. The molecule has 0 aliphatic heterocycles. The highest BCUT2D eigenvalue weighted by Crippen LogP contribution is 2.22. The molecule has 0 N–H and O–H groups in total. The van der Waals surface area contributed by atoms with Crippen LogP contribution in [0.3, 0.4) is 0 Å². The second kappa shape index (κ2) is 3.38. The van der Waals surface area contributed by atoms with Gasteiger partial charge in [0.15, 0.2) is 6.29 Å². The van der Waals surface area contributed by atoms with E-state index in [0.717, 1.165) is 23.1 Å². The Bertz CT molecular complexity index is 635. The van der Waals surface area contributed by atoms with E-state index in [-0.39, 0.29) is 0 Å². The average molecular weight is 211 g/mol. The fraction of sp³-hybridized carbons (Fsp3) is 0. The van der Waals surface area contributed by atoms with Crippen molar-refractivity contribution in [3.05, 3.63) is 54.6 Å². The minimum Gasteiger partial charge on any atom is -0.464 e. The van der Waals surface area contributed by atoms with Crippen LogP contribution in [-0.4, -0.2) is 10.7 Å². The van der Waals surface area contributed by atoms with E-state index in [9.17, 15) is 4.79 Å². The molecule has 0 amide bonds. The average Bonchev–Trinajstić information content (AvgIpc) is 2.97. The zero-order chi connectivity index (χ0) is 11.0. The molecule has 3 heterocycles. The van der Waals surface area contributed by atoms with Gasteiger partial charge in [0.1, 0.15) is 5.76 Å². The molecule has 3 aromatic rings. The number of pyridine rings is 1. The van der Waals surface area contributed by atoms with Gasteiger partial charge in [-0.1, -0.05) is 0 Å². The second-order valence-corrected chi connectivity index (χ2v) is 3.56. The van der Waals surface area contributed by atoms with Crippen molar-refractivity contribution in [3.8, 4) is 11.3 Å². The summed E-state index contributed by atoms with van der Waals surface area (Å²) >= 11 is 0. The summed E-state index contributed by atoms with van der Waals surface area (Å²) in [6, 6.07) is 11.4. The van der Waals surface area contributed by atoms with Crippen molar-refractivity contribution in [1.29, 1.82) is 0 Å². The first-order valence-corrected chi connectivity index (χ1v) is 4.99. The van der Waals surface area contributed by atoms with Gasteiger partial charge >= 0.3 is 0 Å². The number of hydrogen-bond acceptors (Lipinski definition) is 2. The molecule has 3 rings (SSSR count). The number of aldehydes is 1. The third-order valence-corrected chi connectivity index (χ3v) is 2.61. The van der Waals surface area contributed by atoms with Crippen molar-refractivity contribution in [3.63, 3.8) is 0 Å². The first-order chi connectivity index (χ1) is 7.88. The summed E-state index contributed by atoms with van der Waals surface area (Å²) in [5, 5.41) is 0. The predicted molar refractivity (Wildman–Crippen MR) is 60.5 cm³/mol. The van der Waals surface area contributed by atoms with Gasteiger partial charge in [-0.3, -0.25) is 4.79 Å². The maximum Gasteiger partial charge on any atom is 0.166 e. The van der Waals surface area contributed by atoms with Crippen molar-refractivity contribution < 1.29 is 9.21 Å². The van der Waals surface area contributed by atoms with Crippen LogP contribution < -0.4 is 0 Å². The normalized spacial score (nSPS) is 10.8. The van der Waals surface area contributed by atoms with E-state index in [2.05, 4.69) is 0 Å². The Kier molecular flexibility index (Phi) is 1.90. The number of hydrogen-bond donors (Lipinski definition) is 0. The van der Waals surface area contributed by atoms with E-state index in [1.165, 1.54) is 0 Å². The summed E-state index contributed by atoms with van der Waals surface area (Å²) < 4.78 is 7.17. The lowest BCUT2D eigenvalue weighted by molar-refractivity contribution is 0.111. The molecule has 0 radical (unpaired) electrons. The van der Waals surface area contributed by atoms with Gasteiger partial charge < -0.3 is 8.82 Å². The molecule has 16 heavy (non-hydrogen) atoms. The Morgan fingerprint density at radius 2 is 2.12 bits per heavy atom. The third-order valence-electron chi connectivity index (χ3n) is 2.61. The number of carbonyl (C=O) groups excluding carboxylic acids is 1. The van der Waals surface area contributed by atoms with Crippen LogP contribution in [0.4, 0.5) is 0 Å². The van der Waals surface area contributed by atoms with Gasteiger partial charge in [0.2, 0.25) is 0 Å². The van der Waals surface area contributed by atoms with E-state index in [1.807, 2.05) is 40.9 Å². The number of carbonyl (C=O) groups is 1. The molecule has 0 bridgehead atoms. The summed E-state index contributed by atoms with van der Waals surface area (Å²) in [6.07, 6.45) is 4.37. The van der Waals surface area contributed by atoms with Gasteiger partial charge in [-0.15, -0.1) is 0 Å². The van der Waals surface area contributed by atoms with Crippen LogP contribution in [0.25, 0.3) is 16.8 Å². The lowest BCUT2D eigenvalue weighted by Crippen LogP contribution is -1.89. The van der Waals surface area contributed by atoms with Crippen LogP contribution in [-0.2, 0) is 0 Å². The molecule has 0 fully saturated rings. The molecule has 0 atom stereocenters. The molecule has 3 nitrogen and oxygen atoms in total. The molecular weight excluding hydrogens is 202 g/mol. The summed E-state index contributed by atoms with van der Waals surface area (Å²) in [4.78, 5) is 10.8. The molecule has 78 valence electrons. The molecular formula is C13H9NO2. The van der Waals surface area contributed by atoms with Gasteiger partial charge in [-0.25, -0.2) is 0 Å². The molecule has 0 unspecified atom stereocenters. The summed E-state index contributed by atoms with van der Waals surface area (Å²) in [5.74, 6) is 0.830. The highest BCUT2D eigenvalue weighted by molar-refractivity contribution is 5.77. The highest BCUT2D eigenvalue weighted by atomic mass is 16.3. The zero-order valence-electron chi connectivity index (χ0n) is 8.46. The van der Waals surface area contributed by atoms with Crippen molar-refractivity contribution in [2.75, 3.05) is 0 Å². The van der Waals surface area contributed by atoms with Crippen LogP contribution >= 0.6 is 0 Å². The molecule has 0 saturated carbocycles. The van der Waals surface area contributed by atoms with Gasteiger partial charge in [-0.2, -0.15) is 0 Å². The van der Waals surface area contributed by atoms with Crippen molar-refractivity contribution in [1.82, 2.24) is 4.40 Å². The molecule has 0 spiro atoms. The van der Waals surface area contributed by atoms with Crippen molar-refractivity contribution in [2.24, 2.45) is 0 Å². The van der Waals surface area contributed by atoms with Gasteiger partial charge in [0, 0.05) is 17.3 Å². The Morgan fingerprint density at radius 1 is 1.19 bits per heavy atom. The Morgan fingerprint density at radius 3 is 2.88 bits per heavy atom. The fourth-order valence-electron chi connectivity index (χ4n) is 1.82. The number of furan rings is 1. The molecule has 0 saturated heterocycles. The van der Waals surface area contributed by atoms with Crippen LogP contribution in [0.15, 0.2) is 53.3 Å². The van der Waals surface area contributed by atoms with E-state index in [4.69, 9.17) is 4.42 Å². The molecule has 0 aliphatic rings. The molecule has 3 aromatic heterocycles. The largest absolute Gasteiger partial charge is 0.464 e. The van der Waals surface area contributed by atoms with Crippen LogP contribution in [0.1, 0.15) is 10.5 Å². The van der Waals surface area contributed by atoms with Gasteiger partial charge in [0.05, 0.1) is 12.0 Å². The van der Waals surface area contributed by atoms with Crippen LogP contribution in [0.5, 0.6) is 0 Å². The zero-order valence-corrected chi connectivity index (χ0v) is 8.46. The summed E-state index contributed by atoms with van der Waals surface area (Å²) in [5.41, 5.74) is 2.64. The van der Waals surface area contributed by atoms with Crippen LogP contribution in [0, 0.1) is 0 Å². The van der Waals surface area contributed by atoms with Gasteiger partial charge in [-0.05, 0) is 36.4 Å². The van der Waals surface area contributed by atoms with Crippen LogP contribution in [0.2, 0.25) is 0 Å². The standard InChI is InChI=1S/C13H9NO2/c15-9-12-4-3-11-8-10(5-6-14(11)12)13-2-1-7-16-13/h1-9H. The Balaban J connectivity index is 2.21. The quantitative estimate of drug-likeness (QED) is 0.610. The first-order valence-electron chi connectivity index (χ1n) is 4.99.